The van der Waals surface area contributed by atoms with Gasteiger partial charge in [-0.15, -0.1) is 0 Å². The van der Waals surface area contributed by atoms with Crippen LogP contribution in [0.3, 0.4) is 0 Å². The Morgan fingerprint density at radius 1 is 0.575 bits per heavy atom. The van der Waals surface area contributed by atoms with Crippen LogP contribution in [0.2, 0.25) is 0 Å². The van der Waals surface area contributed by atoms with E-state index >= 15 is 0 Å². The molecule has 0 aliphatic carbocycles. The van der Waals surface area contributed by atoms with Gasteiger partial charge in [0.2, 0.25) is 0 Å². The first kappa shape index (κ1) is 33.0. The van der Waals surface area contributed by atoms with Crippen molar-refractivity contribution in [3.8, 4) is 0 Å². The molecule has 0 saturated carbocycles. The number of rotatable bonds is 18. The van der Waals surface area contributed by atoms with Crippen molar-refractivity contribution in [3.63, 3.8) is 0 Å². The minimum Gasteiger partial charge on any atom is -0.0632 e. The van der Waals surface area contributed by atoms with Gasteiger partial charge in [0, 0.05) is 0 Å². The van der Waals surface area contributed by atoms with Gasteiger partial charge in [0.1, 0.15) is 0 Å². The number of benzene rings is 3. The van der Waals surface area contributed by atoms with Crippen LogP contribution in [0, 0.1) is 20.8 Å². The summed E-state index contributed by atoms with van der Waals surface area (Å²) < 4.78 is 11.8. The van der Waals surface area contributed by atoms with Crippen molar-refractivity contribution in [2.75, 3.05) is 19.4 Å². The topological polar surface area (TPSA) is 18.5 Å². The van der Waals surface area contributed by atoms with E-state index in [9.17, 15) is 0 Å². The molecule has 0 amide bonds. The van der Waals surface area contributed by atoms with Crippen molar-refractivity contribution < 1.29 is 9.47 Å². The van der Waals surface area contributed by atoms with Crippen molar-refractivity contribution in [2.24, 2.45) is 0 Å². The van der Waals surface area contributed by atoms with E-state index in [4.69, 9.17) is 25.0 Å². The number of halogens is 1. The summed E-state index contributed by atoms with van der Waals surface area (Å²) in [5.74, 6) is 0. The van der Waals surface area contributed by atoms with Gasteiger partial charge in [-0.3, -0.25) is 0 Å². The molecule has 0 aromatic heterocycles. The first-order chi connectivity index (χ1) is 19.4. The van der Waals surface area contributed by atoms with Crippen LogP contribution in [-0.4, -0.2) is 25.7 Å². The molecule has 220 valence electrons. The van der Waals surface area contributed by atoms with Gasteiger partial charge in [0.15, 0.2) is 0 Å². The van der Waals surface area contributed by atoms with Gasteiger partial charge in [-0.2, -0.15) is 0 Å². The predicted molar refractivity (Wildman–Crippen MR) is 182 cm³/mol. The Bertz CT molecular complexity index is 1060. The second-order valence-electron chi connectivity index (χ2n) is 11.3. The molecule has 0 N–H and O–H groups in total. The maximum absolute atomic E-state index is 5.92. The molecule has 0 heterocycles. The molecule has 2 nitrogen and oxygen atoms in total. The second kappa shape index (κ2) is 16.2. The fourth-order valence-electron chi connectivity index (χ4n) is 6.15. The Labute approximate surface area is 252 Å². The van der Waals surface area contributed by atoms with Gasteiger partial charge >= 0.3 is 240 Å². The van der Waals surface area contributed by atoms with Gasteiger partial charge in [-0.25, -0.2) is 0 Å². The van der Waals surface area contributed by atoms with Crippen LogP contribution in [0.5, 0.6) is 0 Å². The Kier molecular flexibility index (Phi) is 13.4. The van der Waals surface area contributed by atoms with Gasteiger partial charge in [-0.05, 0) is 0 Å². The minimum absolute atomic E-state index is 0.0308. The molecule has 0 aliphatic heterocycles. The summed E-state index contributed by atoms with van der Waals surface area (Å²) in [5.41, 5.74) is 4.11. The van der Waals surface area contributed by atoms with Gasteiger partial charge in [0.05, 0.1) is 0 Å². The van der Waals surface area contributed by atoms with Crippen molar-refractivity contribution in [1.82, 2.24) is 0 Å². The molecule has 0 fully saturated rings. The van der Waals surface area contributed by atoms with E-state index in [2.05, 4.69) is 107 Å². The molecule has 3 rings (SSSR count). The Morgan fingerprint density at radius 2 is 0.950 bits per heavy atom. The van der Waals surface area contributed by atoms with Crippen LogP contribution in [0.15, 0.2) is 72.8 Å². The molecule has 0 saturated heterocycles. The van der Waals surface area contributed by atoms with Crippen LogP contribution in [0.1, 0.15) is 88.3 Å². The Balaban J connectivity index is 1.77. The zero-order valence-electron chi connectivity index (χ0n) is 25.6. The van der Waals surface area contributed by atoms with Crippen LogP contribution >= 0.6 is 20.8 Å². The number of hydrogen-bond acceptors (Lipinski definition) is 2. The van der Waals surface area contributed by atoms with Crippen LogP contribution in [0.25, 0.3) is 0 Å². The summed E-state index contributed by atoms with van der Waals surface area (Å²) in [4.78, 5) is 0. The molecule has 0 atom stereocenters. The number of aryl methyl sites for hydroxylation is 3. The standard InChI is InChI=1S/C36H52BrO2P/c1-6-27-38-36(39-28-7-2)26-12-10-8-9-11-19-29-40(37,33-23-16-13-20-30(33)3,34-24-17-14-21-31(34)4)35-25-18-15-22-32(35)5/h13-18,20-25,36H,6-12,19,26-29H2,1-5H3. The quantitative estimate of drug-likeness (QED) is 0.0795. The molecule has 4 heteroatoms. The first-order valence-electron chi connectivity index (χ1n) is 15.5. The summed E-state index contributed by atoms with van der Waals surface area (Å²) in [6, 6.07) is 27.2. The van der Waals surface area contributed by atoms with Crippen molar-refractivity contribution >= 4 is 36.7 Å². The zero-order chi connectivity index (χ0) is 28.9. The predicted octanol–water partition coefficient (Wildman–Crippen LogP) is 9.66. The third-order valence-electron chi connectivity index (χ3n) is 8.14. The smallest absolute Gasteiger partial charge is 0.0632 e. The fraction of sp³-hybridized carbons (Fsp3) is 0.500. The normalized spacial score (nSPS) is 12.9. The van der Waals surface area contributed by atoms with Crippen molar-refractivity contribution in [1.29, 1.82) is 0 Å². The fourth-order valence-corrected chi connectivity index (χ4v) is 16.4. The molecule has 0 bridgehead atoms. The molecule has 0 unspecified atom stereocenters. The Hall–Kier alpha value is -1.51. The Morgan fingerprint density at radius 3 is 1.35 bits per heavy atom. The summed E-state index contributed by atoms with van der Waals surface area (Å²) in [7, 11) is 0. The first-order valence-corrected chi connectivity index (χ1v) is 19.9. The van der Waals surface area contributed by atoms with Crippen LogP contribution in [-0.2, 0) is 9.47 Å². The second-order valence-corrected chi connectivity index (χ2v) is 20.3. The molecule has 0 spiro atoms. The van der Waals surface area contributed by atoms with Crippen molar-refractivity contribution in [3.05, 3.63) is 89.5 Å². The SMILES string of the molecule is CCCOC(CCCCCCCCP(Br)(c1ccccc1C)(c1ccccc1C)c1ccccc1C)OCCC. The van der Waals surface area contributed by atoms with Gasteiger partial charge < -0.3 is 0 Å². The van der Waals surface area contributed by atoms with Gasteiger partial charge in [0.25, 0.3) is 0 Å². The minimum atomic E-state index is -2.92. The monoisotopic (exact) mass is 626 g/mol. The zero-order valence-corrected chi connectivity index (χ0v) is 28.1. The number of ether oxygens (including phenoxy) is 2. The van der Waals surface area contributed by atoms with Crippen LogP contribution < -0.4 is 15.9 Å². The molecular formula is C36H52BrO2P. The maximum atomic E-state index is 5.92. The third-order valence-corrected chi connectivity index (χ3v) is 18.3. The molecule has 40 heavy (non-hydrogen) atoms. The van der Waals surface area contributed by atoms with Gasteiger partial charge in [-0.1, -0.05) is 13.8 Å². The van der Waals surface area contributed by atoms with E-state index in [1.165, 1.54) is 71.1 Å². The molecule has 3 aromatic carbocycles. The average molecular weight is 628 g/mol. The summed E-state index contributed by atoms with van der Waals surface area (Å²) >= 11 is 4.72. The number of hydrogen-bond donors (Lipinski definition) is 0. The average Bonchev–Trinajstić information content (AvgIpc) is 2.96. The summed E-state index contributed by atoms with van der Waals surface area (Å²) in [6.07, 6.45) is 11.6. The van der Waals surface area contributed by atoms with E-state index in [1.807, 2.05) is 0 Å². The van der Waals surface area contributed by atoms with E-state index in [-0.39, 0.29) is 6.29 Å². The molecule has 0 radical (unpaired) electrons. The van der Waals surface area contributed by atoms with E-state index in [0.29, 0.717) is 0 Å². The summed E-state index contributed by atoms with van der Waals surface area (Å²) in [6.45, 7) is 12.7. The molecule has 3 aromatic rings. The van der Waals surface area contributed by atoms with E-state index in [0.717, 1.165) is 38.6 Å². The van der Waals surface area contributed by atoms with E-state index in [1.54, 1.807) is 0 Å². The third kappa shape index (κ3) is 7.86. The summed E-state index contributed by atoms with van der Waals surface area (Å²) in [5, 5.41) is 1.50. The van der Waals surface area contributed by atoms with E-state index < -0.39 is 5.31 Å². The van der Waals surface area contributed by atoms with Crippen LogP contribution in [0.4, 0.5) is 0 Å². The molecule has 0 aliphatic rings. The molecular weight excluding hydrogens is 575 g/mol. The van der Waals surface area contributed by atoms with Crippen molar-refractivity contribution in [2.45, 2.75) is 98.7 Å². The number of unbranched alkanes of at least 4 members (excludes halogenated alkanes) is 5.